The summed E-state index contributed by atoms with van der Waals surface area (Å²) in [7, 11) is 0. The number of nitrogens with two attached hydrogens (primary N) is 1. The van der Waals surface area contributed by atoms with E-state index >= 15 is 0 Å². The first-order valence-corrected chi connectivity index (χ1v) is 7.70. The zero-order chi connectivity index (χ0) is 14.9. The highest BCUT2D eigenvalue weighted by Gasteiger charge is 2.08. The van der Waals surface area contributed by atoms with Gasteiger partial charge in [0.25, 0.3) is 0 Å². The normalized spacial score (nSPS) is 11.3. The number of hydrogen-bond donors (Lipinski definition) is 1. The third-order valence-corrected chi connectivity index (χ3v) is 3.50. The van der Waals surface area contributed by atoms with Crippen molar-refractivity contribution in [2.75, 3.05) is 0 Å². The lowest BCUT2D eigenvalue weighted by molar-refractivity contribution is 0.525. The van der Waals surface area contributed by atoms with Crippen molar-refractivity contribution in [1.82, 2.24) is 15.0 Å². The van der Waals surface area contributed by atoms with E-state index in [1.807, 2.05) is 22.9 Å². The Bertz CT molecular complexity index is 557. The quantitative estimate of drug-likeness (QED) is 0.755. The molecule has 1 aromatic heterocycles. The van der Waals surface area contributed by atoms with Crippen LogP contribution < -0.4 is 5.73 Å². The van der Waals surface area contributed by atoms with Gasteiger partial charge in [0.15, 0.2) is 0 Å². The fourth-order valence-corrected chi connectivity index (χ4v) is 2.28. The molecule has 2 N–H and O–H groups in total. The molecule has 0 aliphatic carbocycles. The van der Waals surface area contributed by atoms with Crippen LogP contribution in [0.2, 0.25) is 0 Å². The van der Waals surface area contributed by atoms with Crippen molar-refractivity contribution in [3.8, 4) is 0 Å². The van der Waals surface area contributed by atoms with Gasteiger partial charge in [0.2, 0.25) is 0 Å². The smallest absolute Gasteiger partial charge is 0.104 e. The minimum atomic E-state index is 0.420. The fraction of sp³-hybridized carbons (Fsp3) is 0.412. The lowest BCUT2D eigenvalue weighted by Gasteiger charge is -2.04. The topological polar surface area (TPSA) is 56.7 Å². The third kappa shape index (κ3) is 4.53. The maximum absolute atomic E-state index is 5.76. The number of aromatic nitrogens is 3. The van der Waals surface area contributed by atoms with E-state index in [-0.39, 0.29) is 0 Å². The zero-order valence-electron chi connectivity index (χ0n) is 12.7. The first-order chi connectivity index (χ1) is 10.3. The highest BCUT2D eigenvalue weighted by atomic mass is 15.4. The number of unbranched alkanes of at least 4 members (excludes halogenated alkanes) is 3. The van der Waals surface area contributed by atoms with Gasteiger partial charge in [-0.15, -0.1) is 5.10 Å². The van der Waals surface area contributed by atoms with Crippen molar-refractivity contribution in [1.29, 1.82) is 0 Å². The SMILES string of the molecule is CCCCCCn1nnc(CN)c1C=Cc1ccccc1. The molecule has 0 spiro atoms. The molecular weight excluding hydrogens is 260 g/mol. The molecule has 1 heterocycles. The summed E-state index contributed by atoms with van der Waals surface area (Å²) in [4.78, 5) is 0. The van der Waals surface area contributed by atoms with Gasteiger partial charge in [0.05, 0.1) is 5.69 Å². The van der Waals surface area contributed by atoms with E-state index in [1.54, 1.807) is 0 Å². The van der Waals surface area contributed by atoms with Crippen molar-refractivity contribution >= 4 is 12.2 Å². The van der Waals surface area contributed by atoms with Crippen molar-refractivity contribution < 1.29 is 0 Å². The molecule has 112 valence electrons. The molecule has 2 rings (SSSR count). The molecule has 0 aliphatic rings. The number of rotatable bonds is 8. The van der Waals surface area contributed by atoms with Gasteiger partial charge in [0, 0.05) is 13.1 Å². The average Bonchev–Trinajstić information content (AvgIpc) is 2.92. The summed E-state index contributed by atoms with van der Waals surface area (Å²) in [5.74, 6) is 0. The van der Waals surface area contributed by atoms with Crippen LogP contribution in [0.25, 0.3) is 12.2 Å². The van der Waals surface area contributed by atoms with Crippen LogP contribution >= 0.6 is 0 Å². The van der Waals surface area contributed by atoms with Crippen molar-refractivity contribution in [2.45, 2.75) is 45.7 Å². The molecule has 0 fully saturated rings. The molecule has 21 heavy (non-hydrogen) atoms. The van der Waals surface area contributed by atoms with E-state index in [9.17, 15) is 0 Å². The molecule has 0 saturated heterocycles. The van der Waals surface area contributed by atoms with Crippen LogP contribution in [0.3, 0.4) is 0 Å². The monoisotopic (exact) mass is 284 g/mol. The van der Waals surface area contributed by atoms with Gasteiger partial charge in [-0.25, -0.2) is 4.68 Å². The fourth-order valence-electron chi connectivity index (χ4n) is 2.28. The Balaban J connectivity index is 2.09. The third-order valence-electron chi connectivity index (χ3n) is 3.50. The van der Waals surface area contributed by atoms with Gasteiger partial charge < -0.3 is 5.73 Å². The Kier molecular flexibility index (Phi) is 6.16. The Morgan fingerprint density at radius 1 is 1.10 bits per heavy atom. The maximum atomic E-state index is 5.76. The Labute approximate surface area is 126 Å². The number of benzene rings is 1. The van der Waals surface area contributed by atoms with E-state index < -0.39 is 0 Å². The summed E-state index contributed by atoms with van der Waals surface area (Å²) in [5.41, 5.74) is 8.81. The first-order valence-electron chi connectivity index (χ1n) is 7.70. The minimum absolute atomic E-state index is 0.420. The second-order valence-corrected chi connectivity index (χ2v) is 5.15. The molecule has 0 amide bonds. The number of aryl methyl sites for hydroxylation is 1. The van der Waals surface area contributed by atoms with E-state index in [0.717, 1.165) is 24.4 Å². The van der Waals surface area contributed by atoms with Gasteiger partial charge in [0.1, 0.15) is 5.69 Å². The van der Waals surface area contributed by atoms with Crippen molar-refractivity contribution in [2.24, 2.45) is 5.73 Å². The highest BCUT2D eigenvalue weighted by Crippen LogP contribution is 2.12. The summed E-state index contributed by atoms with van der Waals surface area (Å²) in [6.07, 6.45) is 9.03. The second kappa shape index (κ2) is 8.37. The molecule has 0 bridgehead atoms. The van der Waals surface area contributed by atoms with Crippen LogP contribution in [0, 0.1) is 0 Å². The molecule has 0 radical (unpaired) electrons. The molecule has 0 atom stereocenters. The van der Waals surface area contributed by atoms with Crippen LogP contribution in [0.5, 0.6) is 0 Å². The molecule has 1 aromatic carbocycles. The minimum Gasteiger partial charge on any atom is -0.325 e. The molecule has 0 aliphatic heterocycles. The standard InChI is InChI=1S/C17H24N4/c1-2-3-4-8-13-21-17(16(14-18)19-20-21)12-11-15-9-6-5-7-10-15/h5-7,9-12H,2-4,8,13-14,18H2,1H3. The zero-order valence-corrected chi connectivity index (χ0v) is 12.7. The maximum Gasteiger partial charge on any atom is 0.104 e. The summed E-state index contributed by atoms with van der Waals surface area (Å²) in [6.45, 7) is 3.54. The van der Waals surface area contributed by atoms with Crippen LogP contribution in [-0.4, -0.2) is 15.0 Å². The summed E-state index contributed by atoms with van der Waals surface area (Å²) < 4.78 is 1.97. The summed E-state index contributed by atoms with van der Waals surface area (Å²) in [5, 5.41) is 8.41. The lowest BCUT2D eigenvalue weighted by atomic mass is 10.2. The summed E-state index contributed by atoms with van der Waals surface area (Å²) in [6, 6.07) is 10.2. The van der Waals surface area contributed by atoms with E-state index in [2.05, 4.69) is 41.5 Å². The molecule has 4 nitrogen and oxygen atoms in total. The van der Waals surface area contributed by atoms with Crippen LogP contribution in [0.1, 0.15) is 49.6 Å². The summed E-state index contributed by atoms with van der Waals surface area (Å²) >= 11 is 0. The highest BCUT2D eigenvalue weighted by molar-refractivity contribution is 5.68. The van der Waals surface area contributed by atoms with Crippen LogP contribution in [0.4, 0.5) is 0 Å². The predicted octanol–water partition coefficient (Wildman–Crippen LogP) is 3.49. The molecule has 0 unspecified atom stereocenters. The van der Waals surface area contributed by atoms with Crippen molar-refractivity contribution in [3.05, 3.63) is 47.3 Å². The Morgan fingerprint density at radius 2 is 1.90 bits per heavy atom. The van der Waals surface area contributed by atoms with Crippen LogP contribution in [-0.2, 0) is 13.1 Å². The lowest BCUT2D eigenvalue weighted by Crippen LogP contribution is -2.04. The number of nitrogens with zero attached hydrogens (tertiary/aromatic N) is 3. The average molecular weight is 284 g/mol. The van der Waals surface area contributed by atoms with Gasteiger partial charge >= 0.3 is 0 Å². The van der Waals surface area contributed by atoms with Crippen molar-refractivity contribution in [3.63, 3.8) is 0 Å². The molecular formula is C17H24N4. The molecule has 2 aromatic rings. The second-order valence-electron chi connectivity index (χ2n) is 5.15. The Hall–Kier alpha value is -1.94. The van der Waals surface area contributed by atoms with Gasteiger partial charge in [-0.1, -0.05) is 67.8 Å². The predicted molar refractivity (Wildman–Crippen MR) is 87.4 cm³/mol. The van der Waals surface area contributed by atoms with E-state index in [4.69, 9.17) is 5.73 Å². The van der Waals surface area contributed by atoms with E-state index in [0.29, 0.717) is 6.54 Å². The van der Waals surface area contributed by atoms with Gasteiger partial charge in [-0.3, -0.25) is 0 Å². The van der Waals surface area contributed by atoms with Crippen LogP contribution in [0.15, 0.2) is 30.3 Å². The molecule has 0 saturated carbocycles. The van der Waals surface area contributed by atoms with E-state index in [1.165, 1.54) is 24.8 Å². The van der Waals surface area contributed by atoms with Gasteiger partial charge in [-0.2, -0.15) is 0 Å². The van der Waals surface area contributed by atoms with Gasteiger partial charge in [-0.05, 0) is 18.1 Å². The largest absolute Gasteiger partial charge is 0.325 e. The Morgan fingerprint density at radius 3 is 2.62 bits per heavy atom. The molecule has 4 heteroatoms. The number of hydrogen-bond acceptors (Lipinski definition) is 3. The first kappa shape index (κ1) is 15.4.